The lowest BCUT2D eigenvalue weighted by Crippen LogP contribution is -2.31. The van der Waals surface area contributed by atoms with Crippen LogP contribution in [-0.2, 0) is 17.9 Å². The van der Waals surface area contributed by atoms with Gasteiger partial charge in [-0.15, -0.1) is 0 Å². The van der Waals surface area contributed by atoms with E-state index in [1.807, 2.05) is 24.3 Å². The molecule has 0 radical (unpaired) electrons. The zero-order valence-electron chi connectivity index (χ0n) is 10.8. The van der Waals surface area contributed by atoms with Crippen molar-refractivity contribution < 1.29 is 9.53 Å². The number of pyridine rings is 1. The van der Waals surface area contributed by atoms with Gasteiger partial charge in [0.15, 0.2) is 0 Å². The molecular weight excluding hydrogens is 276 g/mol. The third-order valence-corrected chi connectivity index (χ3v) is 3.41. The summed E-state index contributed by atoms with van der Waals surface area (Å²) in [5, 5.41) is 0.610. The fraction of sp³-hybridized carbons (Fsp3) is 0.200. The van der Waals surface area contributed by atoms with Crippen molar-refractivity contribution in [2.45, 2.75) is 13.2 Å². The molecule has 1 aromatic heterocycles. The molecule has 4 nitrogen and oxygen atoms in total. The lowest BCUT2D eigenvalue weighted by atomic mass is 10.1. The van der Waals surface area contributed by atoms with Crippen LogP contribution in [0.1, 0.15) is 21.6 Å². The number of benzene rings is 1. The highest BCUT2D eigenvalue weighted by atomic mass is 35.5. The van der Waals surface area contributed by atoms with E-state index in [1.54, 1.807) is 23.2 Å². The molecule has 2 heterocycles. The molecule has 0 unspecified atom stereocenters. The van der Waals surface area contributed by atoms with Crippen molar-refractivity contribution in [1.82, 2.24) is 9.88 Å². The molecule has 0 saturated heterocycles. The first-order chi connectivity index (χ1) is 9.74. The average Bonchev–Trinajstić information content (AvgIpc) is 2.60. The minimum atomic E-state index is -0.0418. The van der Waals surface area contributed by atoms with Gasteiger partial charge >= 0.3 is 0 Å². The summed E-state index contributed by atoms with van der Waals surface area (Å²) in [5.74, 6) is -0.0418. The second kappa shape index (κ2) is 5.61. The van der Waals surface area contributed by atoms with Crippen LogP contribution in [0.2, 0.25) is 5.02 Å². The molecular formula is C15H13ClN2O2. The molecule has 0 saturated carbocycles. The molecule has 0 aliphatic carbocycles. The fourth-order valence-electron chi connectivity index (χ4n) is 2.20. The smallest absolute Gasteiger partial charge is 0.256 e. The minimum Gasteiger partial charge on any atom is -0.356 e. The molecule has 102 valence electrons. The first-order valence-electron chi connectivity index (χ1n) is 6.29. The molecule has 0 atom stereocenters. The Morgan fingerprint density at radius 2 is 2.15 bits per heavy atom. The Hall–Kier alpha value is -1.91. The summed E-state index contributed by atoms with van der Waals surface area (Å²) < 4.78 is 5.55. The van der Waals surface area contributed by atoms with E-state index in [9.17, 15) is 4.79 Å². The van der Waals surface area contributed by atoms with Crippen LogP contribution < -0.4 is 0 Å². The third-order valence-electron chi connectivity index (χ3n) is 3.17. The normalized spacial score (nSPS) is 14.8. The number of fused-ring (bicyclic) bond motifs is 1. The number of aromatic nitrogens is 1. The SMILES string of the molecule is O=C1c2ccccc2COCN1Cc1cc(Cl)ccn1. The number of carbonyl (C=O) groups excluding carboxylic acids is 1. The van der Waals surface area contributed by atoms with E-state index in [0.29, 0.717) is 23.7 Å². The van der Waals surface area contributed by atoms with Gasteiger partial charge in [0, 0.05) is 16.8 Å². The highest BCUT2D eigenvalue weighted by molar-refractivity contribution is 6.30. The molecule has 1 aromatic carbocycles. The number of ether oxygens (including phenoxy) is 1. The molecule has 2 aromatic rings. The van der Waals surface area contributed by atoms with E-state index in [2.05, 4.69) is 4.98 Å². The highest BCUT2D eigenvalue weighted by Gasteiger charge is 2.22. The number of amides is 1. The maximum absolute atomic E-state index is 12.5. The Balaban J connectivity index is 1.86. The second-order valence-corrected chi connectivity index (χ2v) is 5.04. The second-order valence-electron chi connectivity index (χ2n) is 4.60. The summed E-state index contributed by atoms with van der Waals surface area (Å²) in [7, 11) is 0. The summed E-state index contributed by atoms with van der Waals surface area (Å²) >= 11 is 5.94. The molecule has 1 aliphatic rings. The molecule has 20 heavy (non-hydrogen) atoms. The predicted octanol–water partition coefficient (Wildman–Crippen LogP) is 2.87. The van der Waals surface area contributed by atoms with E-state index in [0.717, 1.165) is 11.3 Å². The lowest BCUT2D eigenvalue weighted by molar-refractivity contribution is 0.0208. The number of carbonyl (C=O) groups is 1. The highest BCUT2D eigenvalue weighted by Crippen LogP contribution is 2.19. The standard InChI is InChI=1S/C15H13ClN2O2/c16-12-5-6-17-13(7-12)8-18-10-20-9-11-3-1-2-4-14(11)15(18)19/h1-7H,8-10H2. The van der Waals surface area contributed by atoms with Crippen molar-refractivity contribution in [3.63, 3.8) is 0 Å². The van der Waals surface area contributed by atoms with Crippen LogP contribution in [0.5, 0.6) is 0 Å². The van der Waals surface area contributed by atoms with Crippen LogP contribution >= 0.6 is 11.6 Å². The van der Waals surface area contributed by atoms with E-state index >= 15 is 0 Å². The van der Waals surface area contributed by atoms with Crippen LogP contribution in [0.15, 0.2) is 42.6 Å². The number of hydrogen-bond acceptors (Lipinski definition) is 3. The quantitative estimate of drug-likeness (QED) is 0.853. The molecule has 1 amide bonds. The van der Waals surface area contributed by atoms with Gasteiger partial charge in [-0.2, -0.15) is 0 Å². The van der Waals surface area contributed by atoms with Gasteiger partial charge in [-0.05, 0) is 23.8 Å². The summed E-state index contributed by atoms with van der Waals surface area (Å²) in [5.41, 5.74) is 2.35. The fourth-order valence-corrected chi connectivity index (χ4v) is 2.38. The van der Waals surface area contributed by atoms with E-state index in [4.69, 9.17) is 16.3 Å². The van der Waals surface area contributed by atoms with Crippen LogP contribution in [0, 0.1) is 0 Å². The van der Waals surface area contributed by atoms with Crippen LogP contribution in [-0.4, -0.2) is 22.5 Å². The van der Waals surface area contributed by atoms with E-state index in [-0.39, 0.29) is 12.6 Å². The van der Waals surface area contributed by atoms with Crippen molar-refractivity contribution >= 4 is 17.5 Å². The summed E-state index contributed by atoms with van der Waals surface area (Å²) in [4.78, 5) is 18.4. The average molecular weight is 289 g/mol. The molecule has 0 spiro atoms. The first kappa shape index (κ1) is 13.1. The minimum absolute atomic E-state index is 0.0418. The van der Waals surface area contributed by atoms with Crippen molar-refractivity contribution in [1.29, 1.82) is 0 Å². The first-order valence-corrected chi connectivity index (χ1v) is 6.67. The Kier molecular flexibility index (Phi) is 3.67. The van der Waals surface area contributed by atoms with Crippen LogP contribution in [0.25, 0.3) is 0 Å². The Labute approximate surface area is 122 Å². The summed E-state index contributed by atoms with van der Waals surface area (Å²) in [6.07, 6.45) is 1.63. The number of nitrogens with zero attached hydrogens (tertiary/aromatic N) is 2. The molecule has 5 heteroatoms. The van der Waals surface area contributed by atoms with Crippen LogP contribution in [0.4, 0.5) is 0 Å². The van der Waals surface area contributed by atoms with E-state index in [1.165, 1.54) is 0 Å². The zero-order chi connectivity index (χ0) is 13.9. The van der Waals surface area contributed by atoms with Gasteiger partial charge in [0.1, 0.15) is 6.73 Å². The summed E-state index contributed by atoms with van der Waals surface area (Å²) in [6, 6.07) is 11.0. The van der Waals surface area contributed by atoms with Crippen molar-refractivity contribution in [3.05, 3.63) is 64.4 Å². The van der Waals surface area contributed by atoms with Crippen molar-refractivity contribution in [2.24, 2.45) is 0 Å². The largest absolute Gasteiger partial charge is 0.356 e. The van der Waals surface area contributed by atoms with Gasteiger partial charge in [0.05, 0.1) is 18.8 Å². The zero-order valence-corrected chi connectivity index (χ0v) is 11.5. The van der Waals surface area contributed by atoms with Gasteiger partial charge < -0.3 is 9.64 Å². The molecule has 0 fully saturated rings. The van der Waals surface area contributed by atoms with Gasteiger partial charge in [0.25, 0.3) is 5.91 Å². The predicted molar refractivity (Wildman–Crippen MR) is 75.2 cm³/mol. The van der Waals surface area contributed by atoms with Gasteiger partial charge in [-0.25, -0.2) is 0 Å². The Bertz CT molecular complexity index is 645. The third kappa shape index (κ3) is 2.66. The number of rotatable bonds is 2. The van der Waals surface area contributed by atoms with Crippen molar-refractivity contribution in [2.75, 3.05) is 6.73 Å². The molecule has 3 rings (SSSR count). The van der Waals surface area contributed by atoms with Gasteiger partial charge in [-0.3, -0.25) is 9.78 Å². The molecule has 0 bridgehead atoms. The van der Waals surface area contributed by atoms with E-state index < -0.39 is 0 Å². The van der Waals surface area contributed by atoms with Gasteiger partial charge in [-0.1, -0.05) is 29.8 Å². The van der Waals surface area contributed by atoms with Crippen molar-refractivity contribution in [3.8, 4) is 0 Å². The van der Waals surface area contributed by atoms with Crippen LogP contribution in [0.3, 0.4) is 0 Å². The van der Waals surface area contributed by atoms with Gasteiger partial charge in [0.2, 0.25) is 0 Å². The summed E-state index contributed by atoms with van der Waals surface area (Å²) in [6.45, 7) is 1.08. The molecule has 1 aliphatic heterocycles. The maximum atomic E-state index is 12.5. The molecule has 0 N–H and O–H groups in total. The topological polar surface area (TPSA) is 42.4 Å². The lowest BCUT2D eigenvalue weighted by Gasteiger charge is -2.19. The monoisotopic (exact) mass is 288 g/mol. The number of halogens is 1. The maximum Gasteiger partial charge on any atom is 0.256 e. The number of hydrogen-bond donors (Lipinski definition) is 0. The Morgan fingerprint density at radius 3 is 3.00 bits per heavy atom. The Morgan fingerprint density at radius 1 is 1.30 bits per heavy atom.